The van der Waals surface area contributed by atoms with E-state index in [0.29, 0.717) is 38.0 Å². The molecule has 0 aliphatic carbocycles. The molecule has 0 spiro atoms. The Hall–Kier alpha value is -3.01. The molecular weight excluding hydrogens is 426 g/mol. The number of carboxylic acids is 1. The molecule has 3 aromatic rings. The van der Waals surface area contributed by atoms with Crippen LogP contribution in [-0.4, -0.2) is 39.1 Å². The molecule has 2 heterocycles. The summed E-state index contributed by atoms with van der Waals surface area (Å²) in [5.74, 6) is -1.40. The SMILES string of the molecule is Cn1cccc1CNCCCC(NC(=O)c1ccc(CNCc2nccs2)cc1)C(=O)O. The molecule has 3 rings (SSSR count). The van der Waals surface area contributed by atoms with Crippen molar-refractivity contribution >= 4 is 23.2 Å². The molecule has 1 unspecified atom stereocenters. The fourth-order valence-corrected chi connectivity index (χ4v) is 3.84. The van der Waals surface area contributed by atoms with Crippen LogP contribution in [0.3, 0.4) is 0 Å². The third-order valence-electron chi connectivity index (χ3n) is 5.11. The van der Waals surface area contributed by atoms with Crippen molar-refractivity contribution in [2.24, 2.45) is 7.05 Å². The van der Waals surface area contributed by atoms with Gasteiger partial charge < -0.3 is 25.6 Å². The van der Waals surface area contributed by atoms with E-state index in [9.17, 15) is 14.7 Å². The van der Waals surface area contributed by atoms with Crippen LogP contribution in [0.4, 0.5) is 0 Å². The number of hydrogen-bond acceptors (Lipinski definition) is 6. The van der Waals surface area contributed by atoms with E-state index in [4.69, 9.17) is 0 Å². The Balaban J connectivity index is 1.40. The molecule has 0 radical (unpaired) electrons. The van der Waals surface area contributed by atoms with E-state index < -0.39 is 12.0 Å². The van der Waals surface area contributed by atoms with Crippen molar-refractivity contribution in [3.63, 3.8) is 0 Å². The van der Waals surface area contributed by atoms with E-state index >= 15 is 0 Å². The molecule has 9 heteroatoms. The fourth-order valence-electron chi connectivity index (χ4n) is 3.25. The Bertz CT molecular complexity index is 985. The molecular formula is C23H29N5O3S. The number of carbonyl (C=O) groups is 2. The van der Waals surface area contributed by atoms with Crippen LogP contribution in [-0.2, 0) is 31.5 Å². The highest BCUT2D eigenvalue weighted by molar-refractivity contribution is 7.09. The molecule has 0 bridgehead atoms. The summed E-state index contributed by atoms with van der Waals surface area (Å²) >= 11 is 1.60. The van der Waals surface area contributed by atoms with Crippen LogP contribution < -0.4 is 16.0 Å². The summed E-state index contributed by atoms with van der Waals surface area (Å²) in [5, 5.41) is 21.7. The molecule has 32 heavy (non-hydrogen) atoms. The van der Waals surface area contributed by atoms with Crippen LogP contribution >= 0.6 is 11.3 Å². The number of nitrogens with zero attached hydrogens (tertiary/aromatic N) is 2. The van der Waals surface area contributed by atoms with Gasteiger partial charge in [0, 0.05) is 55.7 Å². The summed E-state index contributed by atoms with van der Waals surface area (Å²) in [5.41, 5.74) is 2.65. The van der Waals surface area contributed by atoms with Crippen molar-refractivity contribution in [3.8, 4) is 0 Å². The van der Waals surface area contributed by atoms with Gasteiger partial charge in [-0.1, -0.05) is 12.1 Å². The number of aromatic nitrogens is 2. The van der Waals surface area contributed by atoms with Gasteiger partial charge in [-0.2, -0.15) is 0 Å². The standard InChI is InChI=1S/C23H29N5O3S/c1-28-12-3-4-19(28)15-24-10-2-5-20(23(30)31)27-22(29)18-8-6-17(7-9-18)14-25-16-21-26-11-13-32-21/h3-4,6-9,11-13,20,24-25H,2,5,10,14-16H2,1H3,(H,27,29)(H,30,31). The first kappa shape index (κ1) is 23.6. The molecule has 0 saturated heterocycles. The average molecular weight is 456 g/mol. The van der Waals surface area contributed by atoms with Crippen molar-refractivity contribution in [1.82, 2.24) is 25.5 Å². The highest BCUT2D eigenvalue weighted by Gasteiger charge is 2.20. The molecule has 1 aromatic carbocycles. The van der Waals surface area contributed by atoms with Crippen molar-refractivity contribution in [1.29, 1.82) is 0 Å². The summed E-state index contributed by atoms with van der Waals surface area (Å²) in [7, 11) is 1.98. The highest BCUT2D eigenvalue weighted by atomic mass is 32.1. The van der Waals surface area contributed by atoms with Crippen LogP contribution in [0.2, 0.25) is 0 Å². The zero-order chi connectivity index (χ0) is 22.8. The monoisotopic (exact) mass is 455 g/mol. The molecule has 170 valence electrons. The minimum atomic E-state index is -1.02. The van der Waals surface area contributed by atoms with Crippen LogP contribution in [0.5, 0.6) is 0 Å². The van der Waals surface area contributed by atoms with Gasteiger partial charge in [0.05, 0.1) is 0 Å². The minimum Gasteiger partial charge on any atom is -0.480 e. The second kappa shape index (κ2) is 12.1. The van der Waals surface area contributed by atoms with Crippen molar-refractivity contribution < 1.29 is 14.7 Å². The lowest BCUT2D eigenvalue weighted by atomic mass is 10.1. The third-order valence-corrected chi connectivity index (χ3v) is 5.89. The second-order valence-electron chi connectivity index (χ2n) is 7.52. The number of benzene rings is 1. The van der Waals surface area contributed by atoms with E-state index in [2.05, 4.69) is 20.9 Å². The summed E-state index contributed by atoms with van der Waals surface area (Å²) in [6, 6.07) is 10.3. The van der Waals surface area contributed by atoms with Gasteiger partial charge >= 0.3 is 5.97 Å². The topological polar surface area (TPSA) is 108 Å². The first-order valence-electron chi connectivity index (χ1n) is 10.6. The highest BCUT2D eigenvalue weighted by Crippen LogP contribution is 2.08. The van der Waals surface area contributed by atoms with Crippen LogP contribution in [0.25, 0.3) is 0 Å². The molecule has 4 N–H and O–H groups in total. The molecule has 0 aliphatic rings. The number of carboxylic acid groups (broad SMARTS) is 1. The van der Waals surface area contributed by atoms with Gasteiger partial charge in [-0.25, -0.2) is 9.78 Å². The van der Waals surface area contributed by atoms with Gasteiger partial charge in [0.2, 0.25) is 0 Å². The number of carbonyl (C=O) groups excluding carboxylic acids is 1. The predicted octanol–water partition coefficient (Wildman–Crippen LogP) is 2.52. The summed E-state index contributed by atoms with van der Waals surface area (Å²) in [6.45, 7) is 2.75. The van der Waals surface area contributed by atoms with Gasteiger partial charge in [-0.3, -0.25) is 4.79 Å². The van der Waals surface area contributed by atoms with Crippen LogP contribution in [0, 0.1) is 0 Å². The molecule has 0 aliphatic heterocycles. The lowest BCUT2D eigenvalue weighted by Gasteiger charge is -2.15. The largest absolute Gasteiger partial charge is 0.480 e. The number of rotatable bonds is 13. The fraction of sp³-hybridized carbons (Fsp3) is 0.348. The maximum atomic E-state index is 12.5. The number of thiazole rings is 1. The Morgan fingerprint density at radius 1 is 1.12 bits per heavy atom. The van der Waals surface area contributed by atoms with Gasteiger partial charge in [0.1, 0.15) is 11.0 Å². The van der Waals surface area contributed by atoms with Crippen LogP contribution in [0.1, 0.15) is 39.5 Å². The van der Waals surface area contributed by atoms with E-state index in [-0.39, 0.29) is 5.91 Å². The smallest absolute Gasteiger partial charge is 0.326 e. The number of amides is 1. The molecule has 0 saturated carbocycles. The molecule has 8 nitrogen and oxygen atoms in total. The predicted molar refractivity (Wildman–Crippen MR) is 124 cm³/mol. The Labute approximate surface area is 191 Å². The quantitative estimate of drug-likeness (QED) is 0.295. The van der Waals surface area contributed by atoms with Gasteiger partial charge in [0.15, 0.2) is 0 Å². The summed E-state index contributed by atoms with van der Waals surface area (Å²) in [4.78, 5) is 28.3. The first-order chi connectivity index (χ1) is 15.5. The molecule has 1 amide bonds. The summed E-state index contributed by atoms with van der Waals surface area (Å²) in [6.07, 6.45) is 4.77. The molecule has 1 atom stereocenters. The maximum Gasteiger partial charge on any atom is 0.326 e. The number of aryl methyl sites for hydroxylation is 1. The Morgan fingerprint density at radius 3 is 2.59 bits per heavy atom. The number of aliphatic carboxylic acids is 1. The Morgan fingerprint density at radius 2 is 1.94 bits per heavy atom. The van der Waals surface area contributed by atoms with Crippen molar-refractivity contribution in [2.75, 3.05) is 6.54 Å². The zero-order valence-corrected chi connectivity index (χ0v) is 18.9. The van der Waals surface area contributed by atoms with Gasteiger partial charge in [-0.05, 0) is 49.2 Å². The number of hydrogen-bond donors (Lipinski definition) is 4. The van der Waals surface area contributed by atoms with Crippen LogP contribution in [0.15, 0.2) is 54.2 Å². The average Bonchev–Trinajstić information content (AvgIpc) is 3.45. The van der Waals surface area contributed by atoms with Crippen molar-refractivity contribution in [3.05, 3.63) is 76.0 Å². The van der Waals surface area contributed by atoms with E-state index in [0.717, 1.165) is 22.8 Å². The normalized spacial score (nSPS) is 11.9. The lowest BCUT2D eigenvalue weighted by Crippen LogP contribution is -2.41. The summed E-state index contributed by atoms with van der Waals surface area (Å²) < 4.78 is 2.04. The lowest BCUT2D eigenvalue weighted by molar-refractivity contribution is -0.139. The minimum absolute atomic E-state index is 0.361. The number of nitrogens with one attached hydrogen (secondary N) is 3. The molecule has 0 fully saturated rings. The van der Waals surface area contributed by atoms with Gasteiger partial charge in [-0.15, -0.1) is 11.3 Å². The van der Waals surface area contributed by atoms with Gasteiger partial charge in [0.25, 0.3) is 5.91 Å². The maximum absolute atomic E-state index is 12.5. The van der Waals surface area contributed by atoms with Crippen molar-refractivity contribution in [2.45, 2.75) is 38.5 Å². The van der Waals surface area contributed by atoms with E-state index in [1.807, 2.05) is 47.5 Å². The third kappa shape index (κ3) is 7.30. The Kier molecular flexibility index (Phi) is 8.97. The first-order valence-corrected chi connectivity index (χ1v) is 11.4. The second-order valence-corrected chi connectivity index (χ2v) is 8.50. The van der Waals surface area contributed by atoms with E-state index in [1.54, 1.807) is 29.7 Å². The van der Waals surface area contributed by atoms with E-state index in [1.165, 1.54) is 0 Å². The zero-order valence-electron chi connectivity index (χ0n) is 18.1. The molecule has 2 aromatic heterocycles.